The van der Waals surface area contributed by atoms with E-state index in [1.54, 1.807) is 6.08 Å². The molecule has 9 heteroatoms. The maximum atomic E-state index is 12.9. The van der Waals surface area contributed by atoms with Crippen molar-refractivity contribution in [2.45, 2.75) is 101 Å². The first-order valence-electron chi connectivity index (χ1n) is 13.6. The zero-order valence-electron chi connectivity index (χ0n) is 23.9. The molecule has 0 aliphatic heterocycles. The van der Waals surface area contributed by atoms with E-state index in [9.17, 15) is 13.2 Å². The van der Waals surface area contributed by atoms with Gasteiger partial charge in [-0.2, -0.15) is 0 Å². The van der Waals surface area contributed by atoms with Gasteiger partial charge in [0.2, 0.25) is 20.1 Å². The molecule has 38 heavy (non-hydrogen) atoms. The van der Waals surface area contributed by atoms with Crippen LogP contribution in [0.25, 0.3) is 10.2 Å². The van der Waals surface area contributed by atoms with E-state index in [0.29, 0.717) is 5.92 Å². The normalized spacial score (nSPS) is 20.7. The molecule has 0 saturated heterocycles. The van der Waals surface area contributed by atoms with Crippen LogP contribution in [0.2, 0.25) is 18.1 Å². The number of carbonyl (C=O) groups is 1. The van der Waals surface area contributed by atoms with Crippen molar-refractivity contribution in [3.05, 3.63) is 48.1 Å². The lowest BCUT2D eigenvalue weighted by Gasteiger charge is -2.37. The average Bonchev–Trinajstić information content (AvgIpc) is 3.27. The molecule has 3 rings (SSSR count). The number of benzene rings is 1. The summed E-state index contributed by atoms with van der Waals surface area (Å²) >= 11 is 1.23. The first-order valence-corrected chi connectivity index (χ1v) is 18.9. The van der Waals surface area contributed by atoms with Crippen LogP contribution in [0.3, 0.4) is 0 Å². The van der Waals surface area contributed by atoms with Crippen molar-refractivity contribution in [3.8, 4) is 0 Å². The van der Waals surface area contributed by atoms with Crippen molar-refractivity contribution in [3.63, 3.8) is 0 Å². The lowest BCUT2D eigenvalue weighted by atomic mass is 9.84. The molecule has 1 heterocycles. The van der Waals surface area contributed by atoms with Crippen LogP contribution in [-0.4, -0.2) is 45.5 Å². The van der Waals surface area contributed by atoms with Gasteiger partial charge >= 0.3 is 0 Å². The van der Waals surface area contributed by atoms with Gasteiger partial charge < -0.3 is 9.74 Å². The molecular formula is C29H44N2O4S2Si. The molecule has 6 nitrogen and oxygen atoms in total. The molecule has 1 atom stereocenters. The van der Waals surface area contributed by atoms with E-state index < -0.39 is 18.2 Å². The predicted octanol–water partition coefficient (Wildman–Crippen LogP) is 7.05. The van der Waals surface area contributed by atoms with E-state index in [1.807, 2.05) is 44.2 Å². The van der Waals surface area contributed by atoms with Crippen molar-refractivity contribution in [1.82, 2.24) is 10.3 Å². The van der Waals surface area contributed by atoms with Crippen LogP contribution >= 0.6 is 11.3 Å². The van der Waals surface area contributed by atoms with Crippen LogP contribution in [0.1, 0.15) is 66.7 Å². The molecule has 1 aliphatic carbocycles. The maximum absolute atomic E-state index is 12.9. The second kappa shape index (κ2) is 12.6. The van der Waals surface area contributed by atoms with E-state index in [4.69, 9.17) is 4.43 Å². The quantitative estimate of drug-likeness (QED) is 0.186. The van der Waals surface area contributed by atoms with Crippen LogP contribution in [0, 0.1) is 5.92 Å². The SMILES string of the molecule is CC(=CCC1CCC(NC(=O)C=C[C@H](C)O[Si](C)(C)C(C)(C)C)CC1)CS(=O)(=O)c1nc2ccccc2s1. The van der Waals surface area contributed by atoms with E-state index in [0.717, 1.165) is 47.9 Å². The topological polar surface area (TPSA) is 85.4 Å². The molecule has 0 spiro atoms. The fraction of sp³-hybridized carbons (Fsp3) is 0.586. The number of aromatic nitrogens is 1. The minimum absolute atomic E-state index is 0.00210. The number of allylic oxidation sites excluding steroid dienone is 1. The Bertz CT molecular complexity index is 1230. The third-order valence-corrected chi connectivity index (χ3v) is 15.6. The summed E-state index contributed by atoms with van der Waals surface area (Å²) in [6.45, 7) is 14.9. The van der Waals surface area contributed by atoms with Crippen LogP contribution in [-0.2, 0) is 19.1 Å². The number of thiazole rings is 1. The number of hydrogen-bond acceptors (Lipinski definition) is 6. The number of amides is 1. The highest BCUT2D eigenvalue weighted by molar-refractivity contribution is 7.93. The van der Waals surface area contributed by atoms with Crippen LogP contribution in [0.15, 0.2) is 52.4 Å². The van der Waals surface area contributed by atoms with Crippen molar-refractivity contribution in [2.24, 2.45) is 5.92 Å². The van der Waals surface area contributed by atoms with Gasteiger partial charge in [-0.1, -0.05) is 50.6 Å². The molecule has 1 saturated carbocycles. The number of para-hydroxylation sites is 1. The van der Waals surface area contributed by atoms with Crippen molar-refractivity contribution < 1.29 is 17.6 Å². The third-order valence-electron chi connectivity index (χ3n) is 7.76. The average molecular weight is 577 g/mol. The highest BCUT2D eigenvalue weighted by Gasteiger charge is 2.38. The molecule has 0 radical (unpaired) electrons. The highest BCUT2D eigenvalue weighted by atomic mass is 32.2. The van der Waals surface area contributed by atoms with E-state index in [2.05, 4.69) is 50.2 Å². The minimum atomic E-state index is -3.45. The van der Waals surface area contributed by atoms with Gasteiger partial charge in [0.15, 0.2) is 8.32 Å². The summed E-state index contributed by atoms with van der Waals surface area (Å²) in [5, 5.41) is 3.28. The summed E-state index contributed by atoms with van der Waals surface area (Å²) in [7, 11) is -5.32. The number of nitrogens with zero attached hydrogens (tertiary/aromatic N) is 1. The van der Waals surface area contributed by atoms with Crippen LogP contribution in [0.4, 0.5) is 0 Å². The van der Waals surface area contributed by atoms with Gasteiger partial charge in [-0.15, -0.1) is 11.3 Å². The molecule has 1 fully saturated rings. The second-order valence-electron chi connectivity index (χ2n) is 12.2. The first-order chi connectivity index (χ1) is 17.7. The van der Waals surface area contributed by atoms with Crippen LogP contribution < -0.4 is 5.32 Å². The fourth-order valence-corrected chi connectivity index (χ4v) is 8.56. The molecule has 1 aromatic heterocycles. The summed E-state index contributed by atoms with van der Waals surface area (Å²) in [5.41, 5.74) is 1.59. The Morgan fingerprint density at radius 3 is 2.50 bits per heavy atom. The molecule has 1 aliphatic rings. The van der Waals surface area contributed by atoms with Gasteiger partial charge in [0.05, 0.1) is 22.1 Å². The molecule has 0 bridgehead atoms. The molecule has 1 aromatic carbocycles. The number of sulfone groups is 1. The number of carbonyl (C=O) groups excluding carboxylic acids is 1. The molecule has 210 valence electrons. The van der Waals surface area contributed by atoms with Crippen molar-refractivity contribution in [1.29, 1.82) is 0 Å². The summed E-state index contributed by atoms with van der Waals surface area (Å²) in [4.78, 5) is 16.8. The van der Waals surface area contributed by atoms with Crippen LogP contribution in [0.5, 0.6) is 0 Å². The molecule has 1 N–H and O–H groups in total. The lowest BCUT2D eigenvalue weighted by Crippen LogP contribution is -2.43. The van der Waals surface area contributed by atoms with Crippen molar-refractivity contribution in [2.75, 3.05) is 5.75 Å². The summed E-state index contributed by atoms with van der Waals surface area (Å²) in [6.07, 6.45) is 10.2. The van der Waals surface area contributed by atoms with Crippen molar-refractivity contribution >= 4 is 45.6 Å². The molecule has 2 aromatic rings. The summed E-state index contributed by atoms with van der Waals surface area (Å²) in [5.74, 6) is 0.453. The molecular weight excluding hydrogens is 533 g/mol. The van der Waals surface area contributed by atoms with E-state index in [-0.39, 0.29) is 33.2 Å². The van der Waals surface area contributed by atoms with E-state index in [1.165, 1.54) is 11.3 Å². The minimum Gasteiger partial charge on any atom is -0.411 e. The largest absolute Gasteiger partial charge is 0.411 e. The van der Waals surface area contributed by atoms with Gasteiger partial charge in [-0.3, -0.25) is 4.79 Å². The van der Waals surface area contributed by atoms with Gasteiger partial charge in [0.1, 0.15) is 0 Å². The first kappa shape index (κ1) is 30.7. The summed E-state index contributed by atoms with van der Waals surface area (Å²) < 4.78 is 33.1. The van der Waals surface area contributed by atoms with Gasteiger partial charge in [0.25, 0.3) is 0 Å². The zero-order valence-corrected chi connectivity index (χ0v) is 26.5. The Hall–Kier alpha value is -1.81. The predicted molar refractivity (Wildman–Crippen MR) is 161 cm³/mol. The Balaban J connectivity index is 1.42. The van der Waals surface area contributed by atoms with Gasteiger partial charge in [-0.05, 0) is 82.1 Å². The highest BCUT2D eigenvalue weighted by Crippen LogP contribution is 2.37. The monoisotopic (exact) mass is 576 g/mol. The van der Waals surface area contributed by atoms with Gasteiger partial charge in [-0.25, -0.2) is 13.4 Å². The zero-order chi connectivity index (χ0) is 28.1. The standard InChI is InChI=1S/C29H44N2O4S2Si/c1-21(20-37(33,34)28-31-25-10-8-9-11-26(25)36-28)12-14-23-15-17-24(18-16-23)30-27(32)19-13-22(2)35-38(6,7)29(3,4)5/h8-13,19,22-24H,14-18,20H2,1-7H3,(H,30,32)/t22-,23?,24?/m0/s1. The van der Waals surface area contributed by atoms with E-state index >= 15 is 0 Å². The molecule has 1 amide bonds. The Morgan fingerprint density at radius 2 is 1.87 bits per heavy atom. The van der Waals surface area contributed by atoms with Gasteiger partial charge in [0, 0.05) is 12.1 Å². The Morgan fingerprint density at radius 1 is 1.21 bits per heavy atom. The maximum Gasteiger partial charge on any atom is 0.243 e. The molecule has 0 unspecified atom stereocenters. The number of nitrogens with one attached hydrogen (secondary N) is 1. The number of hydrogen-bond donors (Lipinski definition) is 1. The summed E-state index contributed by atoms with van der Waals surface area (Å²) in [6, 6.07) is 7.69. The number of fused-ring (bicyclic) bond motifs is 1. The third kappa shape index (κ3) is 8.60. The Kier molecular flexibility index (Phi) is 10.2. The second-order valence-corrected chi connectivity index (χ2v) is 20.1. The smallest absolute Gasteiger partial charge is 0.243 e. The fourth-order valence-electron chi connectivity index (χ4n) is 4.47. The Labute approximate surface area is 234 Å². The lowest BCUT2D eigenvalue weighted by molar-refractivity contribution is -0.117. The number of rotatable bonds is 10.